The highest BCUT2D eigenvalue weighted by Crippen LogP contribution is 2.70. The maximum Gasteiger partial charge on any atom is 0.260 e. The monoisotopic (exact) mass is 161 g/mol. The van der Waals surface area contributed by atoms with E-state index in [9.17, 15) is 8.78 Å². The summed E-state index contributed by atoms with van der Waals surface area (Å²) in [5.41, 5.74) is -0.638. The third-order valence-corrected chi connectivity index (χ3v) is 3.11. The topological polar surface area (TPSA) is 12.0 Å². The van der Waals surface area contributed by atoms with Gasteiger partial charge in [0.15, 0.2) is 0 Å². The fourth-order valence-corrected chi connectivity index (χ4v) is 2.45. The molecule has 1 saturated heterocycles. The fraction of sp³-hybridized carbons (Fsp3) is 1.00. The standard InChI is InChI=1S/C8H13F2N/c1-5(2)6-7(3-11-4-7)8(6,9)10/h5-6,11H,3-4H2,1-2H3. The van der Waals surface area contributed by atoms with Gasteiger partial charge in [0, 0.05) is 19.0 Å². The number of halogens is 2. The molecule has 1 N–H and O–H groups in total. The predicted octanol–water partition coefficient (Wildman–Crippen LogP) is 1.50. The molecule has 1 aliphatic carbocycles. The molecular weight excluding hydrogens is 148 g/mol. The summed E-state index contributed by atoms with van der Waals surface area (Å²) < 4.78 is 26.2. The highest BCUT2D eigenvalue weighted by atomic mass is 19.3. The van der Waals surface area contributed by atoms with Crippen LogP contribution >= 0.6 is 0 Å². The molecular formula is C8H13F2N. The Morgan fingerprint density at radius 1 is 1.36 bits per heavy atom. The number of hydrogen-bond acceptors (Lipinski definition) is 1. The van der Waals surface area contributed by atoms with E-state index < -0.39 is 11.3 Å². The van der Waals surface area contributed by atoms with Crippen molar-refractivity contribution in [1.82, 2.24) is 5.32 Å². The lowest BCUT2D eigenvalue weighted by Crippen LogP contribution is -2.48. The van der Waals surface area contributed by atoms with Crippen LogP contribution in [0.25, 0.3) is 0 Å². The smallest absolute Gasteiger partial charge is 0.260 e. The van der Waals surface area contributed by atoms with E-state index in [0.29, 0.717) is 13.1 Å². The molecule has 0 bridgehead atoms. The first-order chi connectivity index (χ1) is 5.02. The second kappa shape index (κ2) is 1.76. The molecule has 0 radical (unpaired) electrons. The first-order valence-corrected chi connectivity index (χ1v) is 4.11. The molecule has 0 aromatic heterocycles. The highest BCUT2D eigenvalue weighted by molar-refractivity contribution is 5.24. The Morgan fingerprint density at radius 3 is 2.00 bits per heavy atom. The number of hydrogen-bond donors (Lipinski definition) is 1. The van der Waals surface area contributed by atoms with E-state index >= 15 is 0 Å². The fourth-order valence-electron chi connectivity index (χ4n) is 2.45. The zero-order valence-electron chi connectivity index (χ0n) is 6.82. The molecule has 3 heteroatoms. The van der Waals surface area contributed by atoms with E-state index in [-0.39, 0.29) is 11.8 Å². The molecule has 1 saturated carbocycles. The van der Waals surface area contributed by atoms with Crippen LogP contribution in [0.2, 0.25) is 0 Å². The van der Waals surface area contributed by atoms with Gasteiger partial charge in [-0.25, -0.2) is 8.78 Å². The molecule has 64 valence electrons. The third-order valence-electron chi connectivity index (χ3n) is 3.11. The lowest BCUT2D eigenvalue weighted by molar-refractivity contribution is 0.0366. The van der Waals surface area contributed by atoms with Gasteiger partial charge in [0.1, 0.15) is 0 Å². The van der Waals surface area contributed by atoms with Gasteiger partial charge in [0.25, 0.3) is 5.92 Å². The molecule has 2 rings (SSSR count). The van der Waals surface area contributed by atoms with Crippen LogP contribution in [-0.2, 0) is 0 Å². The molecule has 11 heavy (non-hydrogen) atoms. The van der Waals surface area contributed by atoms with E-state index in [1.807, 2.05) is 13.8 Å². The minimum Gasteiger partial charge on any atom is -0.315 e. The molecule has 1 unspecified atom stereocenters. The molecule has 2 aliphatic rings. The average Bonchev–Trinajstić information content (AvgIpc) is 2.25. The largest absolute Gasteiger partial charge is 0.315 e. The summed E-state index contributed by atoms with van der Waals surface area (Å²) in [5.74, 6) is -2.63. The maximum atomic E-state index is 13.1. The average molecular weight is 161 g/mol. The van der Waals surface area contributed by atoms with Crippen molar-refractivity contribution < 1.29 is 8.78 Å². The van der Waals surface area contributed by atoms with Crippen molar-refractivity contribution >= 4 is 0 Å². The molecule has 0 aromatic carbocycles. The summed E-state index contributed by atoms with van der Waals surface area (Å²) >= 11 is 0. The summed E-state index contributed by atoms with van der Waals surface area (Å²) in [6.07, 6.45) is 0. The van der Waals surface area contributed by atoms with Gasteiger partial charge in [0.2, 0.25) is 0 Å². The van der Waals surface area contributed by atoms with Crippen molar-refractivity contribution in [2.24, 2.45) is 17.3 Å². The van der Waals surface area contributed by atoms with Gasteiger partial charge in [0.05, 0.1) is 5.41 Å². The van der Waals surface area contributed by atoms with E-state index in [2.05, 4.69) is 5.32 Å². The molecule has 1 heterocycles. The van der Waals surface area contributed by atoms with Crippen LogP contribution in [-0.4, -0.2) is 19.0 Å². The zero-order chi connectivity index (χ0) is 8.28. The maximum absolute atomic E-state index is 13.1. The Balaban J connectivity index is 2.15. The van der Waals surface area contributed by atoms with Gasteiger partial charge in [-0.05, 0) is 5.92 Å². The summed E-state index contributed by atoms with van der Waals surface area (Å²) in [4.78, 5) is 0. The minimum absolute atomic E-state index is 0.118. The van der Waals surface area contributed by atoms with Crippen molar-refractivity contribution in [3.8, 4) is 0 Å². The second-order valence-electron chi connectivity index (χ2n) is 4.10. The molecule has 1 nitrogen and oxygen atoms in total. The molecule has 1 aliphatic heterocycles. The van der Waals surface area contributed by atoms with E-state index in [1.54, 1.807) is 0 Å². The van der Waals surface area contributed by atoms with Crippen LogP contribution in [0, 0.1) is 17.3 Å². The molecule has 0 aromatic rings. The van der Waals surface area contributed by atoms with E-state index in [0.717, 1.165) is 0 Å². The van der Waals surface area contributed by atoms with Gasteiger partial charge < -0.3 is 5.32 Å². The lowest BCUT2D eigenvalue weighted by Gasteiger charge is -2.28. The summed E-state index contributed by atoms with van der Waals surface area (Å²) in [7, 11) is 0. The van der Waals surface area contributed by atoms with Crippen molar-refractivity contribution in [1.29, 1.82) is 0 Å². The molecule has 1 spiro atoms. The number of rotatable bonds is 1. The van der Waals surface area contributed by atoms with Crippen LogP contribution in [0.4, 0.5) is 8.78 Å². The molecule has 1 atom stereocenters. The van der Waals surface area contributed by atoms with Gasteiger partial charge in [-0.3, -0.25) is 0 Å². The predicted molar refractivity (Wildman–Crippen MR) is 38.6 cm³/mol. The highest BCUT2D eigenvalue weighted by Gasteiger charge is 2.82. The quantitative estimate of drug-likeness (QED) is 0.614. The Morgan fingerprint density at radius 2 is 1.91 bits per heavy atom. The summed E-state index contributed by atoms with van der Waals surface area (Å²) in [6.45, 7) is 4.79. The van der Waals surface area contributed by atoms with Gasteiger partial charge in [-0.15, -0.1) is 0 Å². The number of alkyl halides is 2. The first-order valence-electron chi connectivity index (χ1n) is 4.11. The SMILES string of the molecule is CC(C)C1C(F)(F)C12CNC2. The van der Waals surface area contributed by atoms with Crippen LogP contribution in [0.5, 0.6) is 0 Å². The Kier molecular flexibility index (Phi) is 1.20. The van der Waals surface area contributed by atoms with Crippen molar-refractivity contribution in [3.05, 3.63) is 0 Å². The van der Waals surface area contributed by atoms with Gasteiger partial charge >= 0.3 is 0 Å². The van der Waals surface area contributed by atoms with E-state index in [4.69, 9.17) is 0 Å². The Labute approximate surface area is 65.2 Å². The lowest BCUT2D eigenvalue weighted by atomic mass is 9.92. The van der Waals surface area contributed by atoms with Crippen molar-refractivity contribution in [3.63, 3.8) is 0 Å². The normalized spacial score (nSPS) is 37.4. The van der Waals surface area contributed by atoms with Gasteiger partial charge in [-0.2, -0.15) is 0 Å². The minimum atomic E-state index is -2.38. The number of nitrogens with one attached hydrogen (secondary N) is 1. The molecule has 0 amide bonds. The van der Waals surface area contributed by atoms with Crippen molar-refractivity contribution in [2.45, 2.75) is 19.8 Å². The summed E-state index contributed by atoms with van der Waals surface area (Å²) in [5, 5.41) is 2.92. The van der Waals surface area contributed by atoms with Crippen LogP contribution < -0.4 is 5.32 Å². The Hall–Kier alpha value is -0.180. The van der Waals surface area contributed by atoms with Crippen LogP contribution in [0.3, 0.4) is 0 Å². The zero-order valence-corrected chi connectivity index (χ0v) is 6.82. The first kappa shape index (κ1) is 7.47. The van der Waals surface area contributed by atoms with Crippen LogP contribution in [0.1, 0.15) is 13.8 Å². The van der Waals surface area contributed by atoms with E-state index in [1.165, 1.54) is 0 Å². The third kappa shape index (κ3) is 0.632. The van der Waals surface area contributed by atoms with Gasteiger partial charge in [-0.1, -0.05) is 13.8 Å². The van der Waals surface area contributed by atoms with Crippen molar-refractivity contribution in [2.75, 3.05) is 13.1 Å². The summed E-state index contributed by atoms with van der Waals surface area (Å²) in [6, 6.07) is 0. The second-order valence-corrected chi connectivity index (χ2v) is 4.10. The van der Waals surface area contributed by atoms with Crippen LogP contribution in [0.15, 0.2) is 0 Å². The molecule has 2 fully saturated rings. The Bertz CT molecular complexity index is 185.